The molecule has 0 radical (unpaired) electrons. The summed E-state index contributed by atoms with van der Waals surface area (Å²) in [6, 6.07) is 5.97. The second-order valence-electron chi connectivity index (χ2n) is 10.7. The Morgan fingerprint density at radius 2 is 1.66 bits per heavy atom. The van der Waals surface area contributed by atoms with Crippen LogP contribution < -0.4 is 9.16 Å². The summed E-state index contributed by atoms with van der Waals surface area (Å²) < 4.78 is 17.6. The molecule has 0 aliphatic heterocycles. The molecule has 4 nitrogen and oxygen atoms in total. The predicted octanol–water partition coefficient (Wildman–Crippen LogP) is 6.38. The van der Waals surface area contributed by atoms with Gasteiger partial charge in [0.15, 0.2) is 6.79 Å². The van der Waals surface area contributed by atoms with E-state index in [2.05, 4.69) is 33.9 Å². The minimum Gasteiger partial charge on any atom is -0.543 e. The van der Waals surface area contributed by atoms with E-state index in [4.69, 9.17) is 13.9 Å². The lowest BCUT2D eigenvalue weighted by atomic mass is 9.83. The summed E-state index contributed by atoms with van der Waals surface area (Å²) in [5.74, 6) is 1.56. The van der Waals surface area contributed by atoms with E-state index < -0.39 is 13.9 Å². The standard InChI is InChI=1S/C24H40O4Si/c1-22(2,3)29(5,6)28-19-12-13-21(27-18-26-4)20(16-19)24(25)17-23(24)14-10-8-7-9-11-15-23/h12-13,16,25H,7-11,14-15,17-18H2,1-6H3. The zero-order chi connectivity index (χ0) is 21.3. The zero-order valence-corrected chi connectivity index (χ0v) is 20.3. The number of methoxy groups -OCH3 is 1. The fraction of sp³-hybridized carbons (Fsp3) is 0.750. The minimum atomic E-state index is -1.96. The third-order valence-electron chi connectivity index (χ3n) is 7.57. The fourth-order valence-corrected chi connectivity index (χ4v) is 5.61. The number of ether oxygens (including phenoxy) is 2. The van der Waals surface area contributed by atoms with Crippen molar-refractivity contribution in [1.29, 1.82) is 0 Å². The van der Waals surface area contributed by atoms with Crippen LogP contribution in [0.25, 0.3) is 0 Å². The number of benzene rings is 1. The van der Waals surface area contributed by atoms with Gasteiger partial charge in [0.2, 0.25) is 8.32 Å². The number of hydrogen-bond acceptors (Lipinski definition) is 4. The molecule has 1 spiro atoms. The summed E-state index contributed by atoms with van der Waals surface area (Å²) in [6.07, 6.45) is 9.31. The van der Waals surface area contributed by atoms with Crippen molar-refractivity contribution in [3.8, 4) is 11.5 Å². The van der Waals surface area contributed by atoms with Gasteiger partial charge in [-0.05, 0) is 55.6 Å². The van der Waals surface area contributed by atoms with Gasteiger partial charge in [0, 0.05) is 18.1 Å². The molecule has 1 aromatic rings. The molecular weight excluding hydrogens is 380 g/mol. The van der Waals surface area contributed by atoms with Crippen LogP contribution in [0, 0.1) is 5.41 Å². The van der Waals surface area contributed by atoms with Crippen molar-refractivity contribution < 1.29 is 19.0 Å². The van der Waals surface area contributed by atoms with Crippen LogP contribution in [-0.2, 0) is 10.3 Å². The highest BCUT2D eigenvalue weighted by Gasteiger charge is 2.67. The maximum atomic E-state index is 11.8. The first-order valence-electron chi connectivity index (χ1n) is 11.2. The Morgan fingerprint density at radius 1 is 1.03 bits per heavy atom. The van der Waals surface area contributed by atoms with Crippen LogP contribution >= 0.6 is 0 Å². The molecule has 2 aliphatic rings. The summed E-state index contributed by atoms with van der Waals surface area (Å²) in [4.78, 5) is 0. The molecule has 0 bridgehead atoms. The van der Waals surface area contributed by atoms with E-state index in [1.54, 1.807) is 7.11 Å². The molecule has 3 rings (SSSR count). The van der Waals surface area contributed by atoms with Gasteiger partial charge in [-0.2, -0.15) is 0 Å². The molecule has 1 N–H and O–H groups in total. The van der Waals surface area contributed by atoms with Crippen LogP contribution in [0.5, 0.6) is 11.5 Å². The highest BCUT2D eigenvalue weighted by Crippen LogP contribution is 2.70. The lowest BCUT2D eigenvalue weighted by molar-refractivity contribution is 0.0412. The van der Waals surface area contributed by atoms with Crippen molar-refractivity contribution >= 4 is 8.32 Å². The van der Waals surface area contributed by atoms with E-state index in [0.717, 1.165) is 36.3 Å². The zero-order valence-electron chi connectivity index (χ0n) is 19.3. The third kappa shape index (κ3) is 4.52. The van der Waals surface area contributed by atoms with Crippen molar-refractivity contribution in [2.24, 2.45) is 5.41 Å². The molecule has 1 atom stereocenters. The Kier molecular flexibility index (Phi) is 6.43. The highest BCUT2D eigenvalue weighted by atomic mass is 28.4. The van der Waals surface area contributed by atoms with Crippen LogP contribution in [-0.4, -0.2) is 27.3 Å². The molecule has 1 aromatic carbocycles. The van der Waals surface area contributed by atoms with Gasteiger partial charge in [0.05, 0.1) is 5.60 Å². The lowest BCUT2D eigenvalue weighted by Gasteiger charge is -2.36. The van der Waals surface area contributed by atoms with Crippen molar-refractivity contribution in [3.05, 3.63) is 23.8 Å². The minimum absolute atomic E-state index is 0.00576. The summed E-state index contributed by atoms with van der Waals surface area (Å²) in [5.41, 5.74) is 0.0559. The predicted molar refractivity (Wildman–Crippen MR) is 120 cm³/mol. The van der Waals surface area contributed by atoms with Gasteiger partial charge in [0.25, 0.3) is 0 Å². The molecule has 0 saturated heterocycles. The Hall–Kier alpha value is -1.04. The number of rotatable bonds is 6. The molecule has 2 fully saturated rings. The van der Waals surface area contributed by atoms with Crippen LogP contribution in [0.3, 0.4) is 0 Å². The largest absolute Gasteiger partial charge is 0.543 e. The SMILES string of the molecule is COCOc1ccc(O[Si](C)(C)C(C)(C)C)cc1C1(O)CC12CCCCCCC2. The molecule has 0 heterocycles. The maximum Gasteiger partial charge on any atom is 0.250 e. The molecule has 2 saturated carbocycles. The Labute approximate surface area is 178 Å². The van der Waals surface area contributed by atoms with E-state index in [0.29, 0.717) is 0 Å². The van der Waals surface area contributed by atoms with Gasteiger partial charge in [-0.3, -0.25) is 0 Å². The fourth-order valence-electron chi connectivity index (χ4n) is 4.59. The Morgan fingerprint density at radius 3 is 2.24 bits per heavy atom. The van der Waals surface area contributed by atoms with Gasteiger partial charge in [-0.15, -0.1) is 0 Å². The molecule has 1 unspecified atom stereocenters. The van der Waals surface area contributed by atoms with Crippen molar-refractivity contribution in [3.63, 3.8) is 0 Å². The van der Waals surface area contributed by atoms with Gasteiger partial charge < -0.3 is 19.0 Å². The molecule has 0 amide bonds. The molecule has 2 aliphatic carbocycles. The normalized spacial score (nSPS) is 24.7. The summed E-state index contributed by atoms with van der Waals surface area (Å²) in [5, 5.41) is 11.9. The van der Waals surface area contributed by atoms with Crippen LogP contribution in [0.4, 0.5) is 0 Å². The number of hydrogen-bond donors (Lipinski definition) is 1. The topological polar surface area (TPSA) is 47.9 Å². The average Bonchev–Trinajstić information content (AvgIpc) is 3.22. The van der Waals surface area contributed by atoms with Gasteiger partial charge in [-0.1, -0.05) is 52.9 Å². The van der Waals surface area contributed by atoms with Crippen LogP contribution in [0.15, 0.2) is 18.2 Å². The van der Waals surface area contributed by atoms with E-state index >= 15 is 0 Å². The monoisotopic (exact) mass is 420 g/mol. The summed E-state index contributed by atoms with van der Waals surface area (Å²) >= 11 is 0. The van der Waals surface area contributed by atoms with Crippen LogP contribution in [0.2, 0.25) is 18.1 Å². The Bertz CT molecular complexity index is 701. The molecule has 0 aromatic heterocycles. The van der Waals surface area contributed by atoms with Crippen molar-refractivity contribution in [1.82, 2.24) is 0 Å². The Balaban J connectivity index is 1.93. The smallest absolute Gasteiger partial charge is 0.250 e. The first-order chi connectivity index (χ1) is 13.5. The van der Waals surface area contributed by atoms with Crippen molar-refractivity contribution in [2.75, 3.05) is 13.9 Å². The maximum absolute atomic E-state index is 11.8. The summed E-state index contributed by atoms with van der Waals surface area (Å²) in [7, 11) is -0.338. The molecule has 5 heteroatoms. The average molecular weight is 421 g/mol. The van der Waals surface area contributed by atoms with Gasteiger partial charge in [-0.25, -0.2) is 0 Å². The second kappa shape index (κ2) is 8.24. The third-order valence-corrected chi connectivity index (χ3v) is 11.9. The van der Waals surface area contributed by atoms with E-state index in [-0.39, 0.29) is 17.2 Å². The lowest BCUT2D eigenvalue weighted by Crippen LogP contribution is -2.43. The molecular formula is C24H40O4Si. The van der Waals surface area contributed by atoms with E-state index in [1.807, 2.05) is 18.2 Å². The first-order valence-corrected chi connectivity index (χ1v) is 14.1. The van der Waals surface area contributed by atoms with Gasteiger partial charge >= 0.3 is 0 Å². The first kappa shape index (κ1) is 22.6. The highest BCUT2D eigenvalue weighted by molar-refractivity contribution is 6.74. The van der Waals surface area contributed by atoms with Gasteiger partial charge in [0.1, 0.15) is 11.5 Å². The second-order valence-corrected chi connectivity index (χ2v) is 15.4. The van der Waals surface area contributed by atoms with Crippen molar-refractivity contribution in [2.45, 2.75) is 95.9 Å². The van der Waals surface area contributed by atoms with E-state index in [1.165, 1.54) is 32.1 Å². The quantitative estimate of drug-likeness (QED) is 0.429. The molecule has 29 heavy (non-hydrogen) atoms. The van der Waals surface area contributed by atoms with Crippen LogP contribution in [0.1, 0.15) is 77.7 Å². The molecule has 164 valence electrons. The van der Waals surface area contributed by atoms with E-state index in [9.17, 15) is 5.11 Å². The summed E-state index contributed by atoms with van der Waals surface area (Å²) in [6.45, 7) is 11.4. The number of aliphatic hydroxyl groups is 1.